The number of hydrogen-bond donors (Lipinski definition) is 0. The molecule has 1 saturated heterocycles. The number of aromatic nitrogens is 2. The van der Waals surface area contributed by atoms with E-state index in [-0.39, 0.29) is 17.9 Å². The number of imidazole rings is 1. The highest BCUT2D eigenvalue weighted by molar-refractivity contribution is 7.88. The molecule has 1 fully saturated rings. The molecule has 1 atom stereocenters. The van der Waals surface area contributed by atoms with Crippen molar-refractivity contribution in [2.45, 2.75) is 32.7 Å². The lowest BCUT2D eigenvalue weighted by molar-refractivity contribution is -0.135. The quantitative estimate of drug-likeness (QED) is 0.814. The molecule has 124 valence electrons. The maximum atomic E-state index is 12.6. The molecule has 0 spiro atoms. The van der Waals surface area contributed by atoms with Gasteiger partial charge < -0.3 is 9.47 Å². The number of hydrogen-bond acceptors (Lipinski definition) is 4. The largest absolute Gasteiger partial charge is 0.338 e. The van der Waals surface area contributed by atoms with Crippen molar-refractivity contribution < 1.29 is 13.2 Å². The number of nitrogens with zero attached hydrogens (tertiary/aromatic N) is 4. The van der Waals surface area contributed by atoms with Gasteiger partial charge in [0, 0.05) is 44.5 Å². The van der Waals surface area contributed by atoms with Gasteiger partial charge in [-0.3, -0.25) is 4.79 Å². The van der Waals surface area contributed by atoms with E-state index in [9.17, 15) is 13.2 Å². The van der Waals surface area contributed by atoms with E-state index >= 15 is 0 Å². The normalized spacial score (nSPS) is 18.7. The second-order valence-corrected chi connectivity index (χ2v) is 7.99. The first kappa shape index (κ1) is 17.0. The number of carbonyl (C=O) groups is 1. The van der Waals surface area contributed by atoms with Crippen LogP contribution in [0.25, 0.3) is 0 Å². The van der Waals surface area contributed by atoms with Crippen LogP contribution in [0.2, 0.25) is 0 Å². The van der Waals surface area contributed by atoms with Gasteiger partial charge in [0.05, 0.1) is 6.26 Å². The maximum Gasteiger partial charge on any atom is 0.245 e. The van der Waals surface area contributed by atoms with Crippen molar-refractivity contribution >= 4 is 15.9 Å². The molecule has 0 aromatic carbocycles. The topological polar surface area (TPSA) is 75.5 Å². The average Bonchev–Trinajstić information content (AvgIpc) is 2.94. The van der Waals surface area contributed by atoms with E-state index in [0.717, 1.165) is 5.82 Å². The van der Waals surface area contributed by atoms with Crippen molar-refractivity contribution in [2.24, 2.45) is 0 Å². The molecule has 8 heteroatoms. The van der Waals surface area contributed by atoms with Crippen LogP contribution >= 0.6 is 0 Å². The minimum atomic E-state index is -3.18. The van der Waals surface area contributed by atoms with Crippen molar-refractivity contribution in [3.05, 3.63) is 18.2 Å². The third kappa shape index (κ3) is 3.49. The molecular formula is C14H24N4O3S. The molecule has 0 saturated carbocycles. The number of rotatable bonds is 4. The Hall–Kier alpha value is -1.41. The summed E-state index contributed by atoms with van der Waals surface area (Å²) in [5, 5.41) is 0. The smallest absolute Gasteiger partial charge is 0.245 e. The summed E-state index contributed by atoms with van der Waals surface area (Å²) in [6.07, 6.45) is 4.73. The number of carbonyl (C=O) groups excluding carboxylic acids is 1. The molecule has 7 nitrogen and oxygen atoms in total. The maximum absolute atomic E-state index is 12.6. The van der Waals surface area contributed by atoms with Gasteiger partial charge >= 0.3 is 0 Å². The van der Waals surface area contributed by atoms with Crippen LogP contribution in [-0.2, 0) is 14.8 Å². The summed E-state index contributed by atoms with van der Waals surface area (Å²) in [4.78, 5) is 18.7. The first-order chi connectivity index (χ1) is 10.2. The Morgan fingerprint density at radius 2 is 1.77 bits per heavy atom. The van der Waals surface area contributed by atoms with Gasteiger partial charge in [0.1, 0.15) is 11.9 Å². The van der Waals surface area contributed by atoms with E-state index in [1.54, 1.807) is 11.1 Å². The number of amides is 1. The summed E-state index contributed by atoms with van der Waals surface area (Å²) in [6.45, 7) is 7.53. The Labute approximate surface area is 132 Å². The van der Waals surface area contributed by atoms with Gasteiger partial charge in [-0.15, -0.1) is 0 Å². The zero-order valence-corrected chi connectivity index (χ0v) is 14.4. The Morgan fingerprint density at radius 3 is 2.27 bits per heavy atom. The molecule has 2 heterocycles. The van der Waals surface area contributed by atoms with Crippen LogP contribution in [0, 0.1) is 0 Å². The van der Waals surface area contributed by atoms with E-state index in [0.29, 0.717) is 26.2 Å². The molecular weight excluding hydrogens is 304 g/mol. The molecule has 1 amide bonds. The summed E-state index contributed by atoms with van der Waals surface area (Å²) in [5.74, 6) is 1.14. The lowest BCUT2D eigenvalue weighted by Crippen LogP contribution is -2.51. The molecule has 1 aliphatic rings. The fourth-order valence-corrected chi connectivity index (χ4v) is 3.55. The van der Waals surface area contributed by atoms with Gasteiger partial charge in [0.15, 0.2) is 0 Å². The van der Waals surface area contributed by atoms with Gasteiger partial charge in [-0.2, -0.15) is 4.31 Å². The van der Waals surface area contributed by atoms with E-state index in [2.05, 4.69) is 4.98 Å². The molecule has 1 aliphatic heterocycles. The first-order valence-electron chi connectivity index (χ1n) is 7.48. The fraction of sp³-hybridized carbons (Fsp3) is 0.714. The summed E-state index contributed by atoms with van der Waals surface area (Å²) >= 11 is 0. The van der Waals surface area contributed by atoms with E-state index in [4.69, 9.17) is 0 Å². The van der Waals surface area contributed by atoms with Crippen LogP contribution in [0.1, 0.15) is 38.6 Å². The molecule has 0 N–H and O–H groups in total. The summed E-state index contributed by atoms with van der Waals surface area (Å²) < 4.78 is 26.3. The van der Waals surface area contributed by atoms with Crippen molar-refractivity contribution in [1.29, 1.82) is 0 Å². The zero-order valence-electron chi connectivity index (χ0n) is 13.6. The van der Waals surface area contributed by atoms with Crippen molar-refractivity contribution in [1.82, 2.24) is 18.8 Å². The third-order valence-electron chi connectivity index (χ3n) is 4.01. The minimum absolute atomic E-state index is 0.00745. The van der Waals surface area contributed by atoms with Gasteiger partial charge in [-0.25, -0.2) is 13.4 Å². The van der Waals surface area contributed by atoms with Crippen LogP contribution in [-0.4, -0.2) is 65.5 Å². The van der Waals surface area contributed by atoms with Gasteiger partial charge in [-0.1, -0.05) is 13.8 Å². The number of piperazine rings is 1. The molecule has 1 aromatic heterocycles. The van der Waals surface area contributed by atoms with Crippen LogP contribution in [0.5, 0.6) is 0 Å². The molecule has 1 aromatic rings. The van der Waals surface area contributed by atoms with Crippen LogP contribution in [0.4, 0.5) is 0 Å². The van der Waals surface area contributed by atoms with E-state index in [1.165, 1.54) is 10.6 Å². The average molecular weight is 328 g/mol. The minimum Gasteiger partial charge on any atom is -0.338 e. The van der Waals surface area contributed by atoms with Crippen LogP contribution in [0.15, 0.2) is 12.4 Å². The van der Waals surface area contributed by atoms with E-state index in [1.807, 2.05) is 31.5 Å². The van der Waals surface area contributed by atoms with Gasteiger partial charge in [0.25, 0.3) is 0 Å². The molecule has 0 unspecified atom stereocenters. The predicted molar refractivity (Wildman–Crippen MR) is 84.0 cm³/mol. The van der Waals surface area contributed by atoms with E-state index < -0.39 is 10.0 Å². The second kappa shape index (κ2) is 6.37. The molecule has 0 bridgehead atoms. The molecule has 0 radical (unpaired) electrons. The van der Waals surface area contributed by atoms with Crippen LogP contribution < -0.4 is 0 Å². The highest BCUT2D eigenvalue weighted by Crippen LogP contribution is 2.19. The SMILES string of the molecule is CC(C)c1nccn1[C@@H](C)C(=O)N1CCN(S(C)(=O)=O)CC1. The third-order valence-corrected chi connectivity index (χ3v) is 5.31. The Kier molecular flexibility index (Phi) is 4.91. The Bertz CT molecular complexity index is 630. The zero-order chi connectivity index (χ0) is 16.5. The molecule has 0 aliphatic carbocycles. The van der Waals surface area contributed by atoms with Gasteiger partial charge in [0.2, 0.25) is 15.9 Å². The monoisotopic (exact) mass is 328 g/mol. The number of sulfonamides is 1. The lowest BCUT2D eigenvalue weighted by atomic mass is 10.2. The highest BCUT2D eigenvalue weighted by atomic mass is 32.2. The summed E-state index contributed by atoms with van der Waals surface area (Å²) in [7, 11) is -3.18. The lowest BCUT2D eigenvalue weighted by Gasteiger charge is -2.35. The van der Waals surface area contributed by atoms with Crippen molar-refractivity contribution in [2.75, 3.05) is 32.4 Å². The summed E-state index contributed by atoms with van der Waals surface area (Å²) in [6, 6.07) is -0.329. The van der Waals surface area contributed by atoms with Crippen LogP contribution in [0.3, 0.4) is 0 Å². The Morgan fingerprint density at radius 1 is 1.18 bits per heavy atom. The molecule has 2 rings (SSSR count). The fourth-order valence-electron chi connectivity index (χ4n) is 2.72. The van der Waals surface area contributed by atoms with Crippen molar-refractivity contribution in [3.8, 4) is 0 Å². The standard InChI is InChI=1S/C14H24N4O3S/c1-11(2)13-15-5-6-18(13)12(3)14(19)16-7-9-17(10-8-16)22(4,20)21/h5-6,11-12H,7-10H2,1-4H3/t12-/m0/s1. The Balaban J connectivity index is 2.05. The predicted octanol–water partition coefficient (Wildman–Crippen LogP) is 0.671. The second-order valence-electron chi connectivity index (χ2n) is 6.01. The summed E-state index contributed by atoms with van der Waals surface area (Å²) in [5.41, 5.74) is 0. The van der Waals surface area contributed by atoms with Crippen molar-refractivity contribution in [3.63, 3.8) is 0 Å². The first-order valence-corrected chi connectivity index (χ1v) is 9.33. The molecule has 22 heavy (non-hydrogen) atoms. The van der Waals surface area contributed by atoms with Gasteiger partial charge in [-0.05, 0) is 6.92 Å². The highest BCUT2D eigenvalue weighted by Gasteiger charge is 2.29.